The summed E-state index contributed by atoms with van der Waals surface area (Å²) < 4.78 is 11.1. The summed E-state index contributed by atoms with van der Waals surface area (Å²) in [6.07, 6.45) is 2.39. The van der Waals surface area contributed by atoms with Crippen molar-refractivity contribution in [3.63, 3.8) is 0 Å². The molecular formula is C20H19NO3. The van der Waals surface area contributed by atoms with Gasteiger partial charge in [-0.3, -0.25) is 0 Å². The molecule has 1 aliphatic rings. The maximum absolute atomic E-state index is 12.3. The van der Waals surface area contributed by atoms with Crippen LogP contribution in [0.3, 0.4) is 0 Å². The number of nitrogens with zero attached hydrogens (tertiary/aromatic N) is 1. The molecule has 1 heterocycles. The molecule has 4 rings (SSSR count). The number of benzene rings is 2. The van der Waals surface area contributed by atoms with E-state index in [0.717, 1.165) is 21.7 Å². The minimum atomic E-state index is -0.432. The maximum Gasteiger partial charge on any atom is 0.360 e. The van der Waals surface area contributed by atoms with E-state index in [0.29, 0.717) is 24.9 Å². The summed E-state index contributed by atoms with van der Waals surface area (Å²) in [6, 6.07) is 14.0. The average molecular weight is 321 g/mol. The number of hydrogen-bond donors (Lipinski definition) is 0. The number of rotatable bonds is 5. The Morgan fingerprint density at radius 2 is 1.96 bits per heavy atom. The molecule has 3 aromatic rings. The van der Waals surface area contributed by atoms with Gasteiger partial charge in [-0.1, -0.05) is 36.4 Å². The number of esters is 1. The van der Waals surface area contributed by atoms with Crippen LogP contribution in [-0.4, -0.2) is 24.2 Å². The van der Waals surface area contributed by atoms with E-state index < -0.39 is 5.97 Å². The predicted molar refractivity (Wildman–Crippen MR) is 93.4 cm³/mol. The minimum Gasteiger partial charge on any atom is -0.491 e. The molecule has 0 atom stereocenters. The Hall–Kier alpha value is -2.62. The Kier molecular flexibility index (Phi) is 3.81. The monoisotopic (exact) mass is 321 g/mol. The lowest BCUT2D eigenvalue weighted by molar-refractivity contribution is 0.0514. The van der Waals surface area contributed by atoms with Gasteiger partial charge in [-0.05, 0) is 37.1 Å². The Morgan fingerprint density at radius 3 is 2.75 bits per heavy atom. The summed E-state index contributed by atoms with van der Waals surface area (Å²) in [4.78, 5) is 17.0. The highest BCUT2D eigenvalue weighted by molar-refractivity contribution is 6.07. The molecule has 1 saturated carbocycles. The molecule has 0 radical (unpaired) electrons. The number of pyridine rings is 1. The van der Waals surface area contributed by atoms with E-state index in [1.807, 2.05) is 36.4 Å². The molecule has 0 saturated heterocycles. The van der Waals surface area contributed by atoms with Crippen LogP contribution in [0.4, 0.5) is 0 Å². The van der Waals surface area contributed by atoms with E-state index in [9.17, 15) is 4.79 Å². The van der Waals surface area contributed by atoms with Gasteiger partial charge < -0.3 is 9.47 Å². The Balaban J connectivity index is 1.86. The van der Waals surface area contributed by atoms with Gasteiger partial charge in [-0.25, -0.2) is 9.78 Å². The van der Waals surface area contributed by atoms with Crippen LogP contribution in [0.1, 0.15) is 30.3 Å². The van der Waals surface area contributed by atoms with Crippen molar-refractivity contribution in [3.8, 4) is 5.75 Å². The van der Waals surface area contributed by atoms with Crippen LogP contribution in [0.25, 0.3) is 21.7 Å². The lowest BCUT2D eigenvalue weighted by Crippen LogP contribution is -2.11. The molecule has 2 aromatic carbocycles. The van der Waals surface area contributed by atoms with E-state index in [2.05, 4.69) is 11.1 Å². The number of aromatic nitrogens is 1. The highest BCUT2D eigenvalue weighted by Gasteiger charge is 2.24. The Bertz CT molecular complexity index is 915. The minimum absolute atomic E-state index is 0.265. The van der Waals surface area contributed by atoms with E-state index >= 15 is 0 Å². The molecule has 0 aliphatic heterocycles. The highest BCUT2D eigenvalue weighted by Crippen LogP contribution is 2.32. The standard InChI is InChI=1S/C20H19NO3/c1-2-23-20(22)19-17(24-12-13-7-8-13)11-15-10-9-14-5-3-4-6-16(14)18(15)21-19/h3-6,9-11,13H,2,7-8,12H2,1H3. The predicted octanol–water partition coefficient (Wildman–Crippen LogP) is 4.35. The normalized spacial score (nSPS) is 14.0. The van der Waals surface area contributed by atoms with Gasteiger partial charge in [0.2, 0.25) is 0 Å². The van der Waals surface area contributed by atoms with E-state index in [1.165, 1.54) is 12.8 Å². The van der Waals surface area contributed by atoms with Crippen LogP contribution >= 0.6 is 0 Å². The van der Waals surface area contributed by atoms with Crippen LogP contribution in [0.5, 0.6) is 5.75 Å². The number of ether oxygens (including phenoxy) is 2. The summed E-state index contributed by atoms with van der Waals surface area (Å²) in [7, 11) is 0. The first-order valence-electron chi connectivity index (χ1n) is 8.38. The third-order valence-corrected chi connectivity index (χ3v) is 4.32. The van der Waals surface area contributed by atoms with Crippen molar-refractivity contribution in [2.45, 2.75) is 19.8 Å². The number of carbonyl (C=O) groups excluding carboxylic acids is 1. The topological polar surface area (TPSA) is 48.4 Å². The molecule has 0 spiro atoms. The maximum atomic E-state index is 12.3. The van der Waals surface area contributed by atoms with E-state index in [-0.39, 0.29) is 5.69 Å². The second kappa shape index (κ2) is 6.11. The van der Waals surface area contributed by atoms with Gasteiger partial charge in [0.1, 0.15) is 0 Å². The zero-order valence-corrected chi connectivity index (χ0v) is 13.6. The van der Waals surface area contributed by atoms with Gasteiger partial charge in [0, 0.05) is 10.8 Å². The summed E-state index contributed by atoms with van der Waals surface area (Å²) in [5, 5.41) is 3.08. The van der Waals surface area contributed by atoms with Crippen molar-refractivity contribution in [2.24, 2.45) is 5.92 Å². The van der Waals surface area contributed by atoms with Crippen molar-refractivity contribution in [1.82, 2.24) is 4.98 Å². The molecule has 4 heteroatoms. The molecular weight excluding hydrogens is 302 g/mol. The van der Waals surface area contributed by atoms with Crippen molar-refractivity contribution >= 4 is 27.6 Å². The van der Waals surface area contributed by atoms with Gasteiger partial charge in [0.05, 0.1) is 18.7 Å². The molecule has 0 N–H and O–H groups in total. The molecule has 0 amide bonds. The Labute approximate surface area is 140 Å². The molecule has 0 unspecified atom stereocenters. The summed E-state index contributed by atoms with van der Waals surface area (Å²) in [5.41, 5.74) is 1.07. The molecule has 122 valence electrons. The summed E-state index contributed by atoms with van der Waals surface area (Å²) in [5.74, 6) is 0.689. The first kappa shape index (κ1) is 14.9. The lowest BCUT2D eigenvalue weighted by atomic mass is 10.1. The van der Waals surface area contributed by atoms with Gasteiger partial charge in [-0.15, -0.1) is 0 Å². The molecule has 1 fully saturated rings. The van der Waals surface area contributed by atoms with Crippen LogP contribution in [-0.2, 0) is 4.74 Å². The number of fused-ring (bicyclic) bond motifs is 3. The fraction of sp³-hybridized carbons (Fsp3) is 0.300. The van der Waals surface area contributed by atoms with Crippen molar-refractivity contribution in [2.75, 3.05) is 13.2 Å². The summed E-state index contributed by atoms with van der Waals surface area (Å²) >= 11 is 0. The SMILES string of the molecule is CCOC(=O)c1nc2c(ccc3ccccc32)cc1OCC1CC1. The smallest absolute Gasteiger partial charge is 0.360 e. The summed E-state index contributed by atoms with van der Waals surface area (Å²) in [6.45, 7) is 2.74. The fourth-order valence-electron chi connectivity index (χ4n) is 2.84. The second-order valence-electron chi connectivity index (χ2n) is 6.17. The molecule has 0 bridgehead atoms. The number of hydrogen-bond acceptors (Lipinski definition) is 4. The van der Waals surface area contributed by atoms with Crippen LogP contribution in [0.2, 0.25) is 0 Å². The molecule has 4 nitrogen and oxygen atoms in total. The fourth-order valence-corrected chi connectivity index (χ4v) is 2.84. The van der Waals surface area contributed by atoms with Crippen molar-refractivity contribution < 1.29 is 14.3 Å². The van der Waals surface area contributed by atoms with Gasteiger partial charge >= 0.3 is 5.97 Å². The van der Waals surface area contributed by atoms with Crippen molar-refractivity contribution in [3.05, 3.63) is 48.2 Å². The quantitative estimate of drug-likeness (QED) is 0.518. The average Bonchev–Trinajstić information content (AvgIpc) is 3.43. The third-order valence-electron chi connectivity index (χ3n) is 4.32. The Morgan fingerprint density at radius 1 is 1.17 bits per heavy atom. The molecule has 1 aliphatic carbocycles. The van der Waals surface area contributed by atoms with Crippen molar-refractivity contribution in [1.29, 1.82) is 0 Å². The first-order valence-corrected chi connectivity index (χ1v) is 8.38. The van der Waals surface area contributed by atoms with Crippen LogP contribution in [0.15, 0.2) is 42.5 Å². The van der Waals surface area contributed by atoms with E-state index in [1.54, 1.807) is 6.92 Å². The van der Waals surface area contributed by atoms with Gasteiger partial charge in [0.25, 0.3) is 0 Å². The number of carbonyl (C=O) groups is 1. The van der Waals surface area contributed by atoms with Gasteiger partial charge in [-0.2, -0.15) is 0 Å². The molecule has 1 aromatic heterocycles. The second-order valence-corrected chi connectivity index (χ2v) is 6.17. The van der Waals surface area contributed by atoms with Crippen LogP contribution in [0, 0.1) is 5.92 Å². The third kappa shape index (κ3) is 2.80. The van der Waals surface area contributed by atoms with Gasteiger partial charge in [0.15, 0.2) is 11.4 Å². The lowest BCUT2D eigenvalue weighted by Gasteiger charge is -2.12. The first-order chi connectivity index (χ1) is 11.8. The zero-order chi connectivity index (χ0) is 16.5. The molecule has 24 heavy (non-hydrogen) atoms. The zero-order valence-electron chi connectivity index (χ0n) is 13.6. The highest BCUT2D eigenvalue weighted by atomic mass is 16.5. The van der Waals surface area contributed by atoms with Crippen LogP contribution < -0.4 is 4.74 Å². The largest absolute Gasteiger partial charge is 0.491 e. The van der Waals surface area contributed by atoms with E-state index in [4.69, 9.17) is 9.47 Å².